The van der Waals surface area contributed by atoms with Crippen LogP contribution in [0.1, 0.15) is 19.8 Å². The second-order valence-corrected chi connectivity index (χ2v) is 4.98. The lowest BCUT2D eigenvalue weighted by Crippen LogP contribution is -2.28. The molecule has 20 heavy (non-hydrogen) atoms. The Balaban J connectivity index is 2.36. The van der Waals surface area contributed by atoms with Gasteiger partial charge in [0, 0.05) is 18.0 Å². The van der Waals surface area contributed by atoms with Crippen molar-refractivity contribution in [2.75, 3.05) is 37.3 Å². The lowest BCUT2D eigenvalue weighted by molar-refractivity contribution is -0.116. The second kappa shape index (κ2) is 8.79. The van der Waals surface area contributed by atoms with Crippen molar-refractivity contribution in [3.05, 3.63) is 23.2 Å². The molecule has 0 unspecified atom stereocenters. The summed E-state index contributed by atoms with van der Waals surface area (Å²) in [4.78, 5) is 13.9. The molecule has 0 aliphatic rings. The van der Waals surface area contributed by atoms with E-state index in [2.05, 4.69) is 10.2 Å². The fraction of sp³-hybridized carbons (Fsp3) is 0.500. The fourth-order valence-electron chi connectivity index (χ4n) is 1.89. The lowest BCUT2D eigenvalue weighted by Gasteiger charge is -2.18. The van der Waals surface area contributed by atoms with Crippen LogP contribution in [0.5, 0.6) is 0 Å². The van der Waals surface area contributed by atoms with Crippen molar-refractivity contribution in [3.63, 3.8) is 0 Å². The summed E-state index contributed by atoms with van der Waals surface area (Å²) >= 11 is 5.80. The molecular weight excluding hydrogens is 278 g/mol. The first-order chi connectivity index (χ1) is 9.56. The van der Waals surface area contributed by atoms with Gasteiger partial charge in [-0.15, -0.1) is 0 Å². The molecule has 0 bridgehead atoms. The first-order valence-corrected chi connectivity index (χ1v) is 7.12. The summed E-state index contributed by atoms with van der Waals surface area (Å²) in [5.41, 5.74) is 6.82. The molecule has 1 aromatic rings. The van der Waals surface area contributed by atoms with E-state index in [0.29, 0.717) is 29.4 Å². The number of hydrogen-bond donors (Lipinski definition) is 3. The number of nitrogens with one attached hydrogen (secondary N) is 1. The van der Waals surface area contributed by atoms with E-state index >= 15 is 0 Å². The molecule has 0 saturated heterocycles. The number of anilines is 2. The molecule has 1 rings (SSSR count). The summed E-state index contributed by atoms with van der Waals surface area (Å²) in [6.45, 7) is 4.47. The molecule has 5 nitrogen and oxygen atoms in total. The number of nitrogens with zero attached hydrogens (tertiary/aromatic N) is 1. The predicted molar refractivity (Wildman–Crippen MR) is 82.9 cm³/mol. The van der Waals surface area contributed by atoms with Crippen LogP contribution in [0.4, 0.5) is 11.4 Å². The van der Waals surface area contributed by atoms with Gasteiger partial charge < -0.3 is 21.1 Å². The highest BCUT2D eigenvalue weighted by Gasteiger charge is 2.07. The van der Waals surface area contributed by atoms with Crippen molar-refractivity contribution in [1.29, 1.82) is 0 Å². The van der Waals surface area contributed by atoms with Crippen LogP contribution >= 0.6 is 11.6 Å². The van der Waals surface area contributed by atoms with Gasteiger partial charge in [-0.25, -0.2) is 0 Å². The molecule has 0 aliphatic heterocycles. The van der Waals surface area contributed by atoms with Crippen molar-refractivity contribution in [2.24, 2.45) is 0 Å². The number of benzene rings is 1. The fourth-order valence-corrected chi connectivity index (χ4v) is 2.07. The number of rotatable bonds is 8. The van der Waals surface area contributed by atoms with Gasteiger partial charge in [-0.05, 0) is 37.7 Å². The Hall–Kier alpha value is -1.30. The maximum atomic E-state index is 11.8. The lowest BCUT2D eigenvalue weighted by atomic mass is 10.2. The van der Waals surface area contributed by atoms with Gasteiger partial charge in [-0.3, -0.25) is 4.79 Å². The largest absolute Gasteiger partial charge is 0.397 e. The molecule has 0 aromatic heterocycles. The van der Waals surface area contributed by atoms with Crippen LogP contribution in [0.25, 0.3) is 0 Å². The van der Waals surface area contributed by atoms with Crippen LogP contribution in [0, 0.1) is 0 Å². The van der Waals surface area contributed by atoms with E-state index in [0.717, 1.165) is 19.5 Å². The minimum atomic E-state index is -0.0703. The van der Waals surface area contributed by atoms with Crippen molar-refractivity contribution < 1.29 is 9.90 Å². The van der Waals surface area contributed by atoms with Crippen LogP contribution in [0.2, 0.25) is 5.02 Å². The zero-order valence-electron chi connectivity index (χ0n) is 11.7. The quantitative estimate of drug-likeness (QED) is 0.641. The van der Waals surface area contributed by atoms with Crippen LogP contribution in [0.3, 0.4) is 0 Å². The summed E-state index contributed by atoms with van der Waals surface area (Å²) in [5, 5.41) is 12.2. The summed E-state index contributed by atoms with van der Waals surface area (Å²) in [6, 6.07) is 4.99. The minimum absolute atomic E-state index is 0.0703. The second-order valence-electron chi connectivity index (χ2n) is 4.54. The van der Waals surface area contributed by atoms with E-state index in [1.807, 2.05) is 6.92 Å². The third kappa shape index (κ3) is 5.77. The Bertz CT molecular complexity index is 440. The molecule has 0 saturated carbocycles. The third-order valence-corrected chi connectivity index (χ3v) is 3.26. The maximum absolute atomic E-state index is 11.8. The summed E-state index contributed by atoms with van der Waals surface area (Å²) in [6.07, 6.45) is 1.16. The number of aliphatic hydroxyl groups is 1. The van der Waals surface area contributed by atoms with Crippen molar-refractivity contribution in [2.45, 2.75) is 19.8 Å². The number of halogens is 1. The van der Waals surface area contributed by atoms with Gasteiger partial charge in [0.15, 0.2) is 0 Å². The zero-order valence-corrected chi connectivity index (χ0v) is 12.5. The predicted octanol–water partition coefficient (Wildman–Crippen LogP) is 1.96. The van der Waals surface area contributed by atoms with Crippen molar-refractivity contribution >= 4 is 28.9 Å². The molecule has 0 fully saturated rings. The standard InChI is InChI=1S/C14H22ClN3O2/c1-2-18(8-9-19)7-3-4-14(20)17-13-6-5-11(15)10-12(13)16/h5-6,10,19H,2-4,7-9,16H2,1H3,(H,17,20). The van der Waals surface area contributed by atoms with Gasteiger partial charge >= 0.3 is 0 Å². The Morgan fingerprint density at radius 3 is 2.80 bits per heavy atom. The molecule has 0 aliphatic carbocycles. The van der Waals surface area contributed by atoms with E-state index in [4.69, 9.17) is 22.4 Å². The highest BCUT2D eigenvalue weighted by atomic mass is 35.5. The average Bonchev–Trinajstić information content (AvgIpc) is 2.41. The van der Waals surface area contributed by atoms with Crippen LogP contribution in [-0.2, 0) is 4.79 Å². The van der Waals surface area contributed by atoms with Crippen LogP contribution in [-0.4, -0.2) is 42.2 Å². The normalized spacial score (nSPS) is 10.8. The van der Waals surface area contributed by atoms with Gasteiger partial charge in [-0.1, -0.05) is 18.5 Å². The summed E-state index contributed by atoms with van der Waals surface area (Å²) in [5.74, 6) is -0.0703. The molecule has 6 heteroatoms. The summed E-state index contributed by atoms with van der Waals surface area (Å²) in [7, 11) is 0. The number of carbonyl (C=O) groups excluding carboxylic acids is 1. The van der Waals surface area contributed by atoms with Gasteiger partial charge in [-0.2, -0.15) is 0 Å². The van der Waals surface area contributed by atoms with Crippen molar-refractivity contribution in [3.8, 4) is 0 Å². The Labute approximate surface area is 124 Å². The average molecular weight is 300 g/mol. The molecule has 4 N–H and O–H groups in total. The molecule has 1 amide bonds. The number of likely N-dealkylation sites (N-methyl/N-ethyl adjacent to an activating group) is 1. The van der Waals surface area contributed by atoms with Crippen LogP contribution in [0.15, 0.2) is 18.2 Å². The molecular formula is C14H22ClN3O2. The number of amides is 1. The molecule has 1 aromatic carbocycles. The molecule has 0 heterocycles. The maximum Gasteiger partial charge on any atom is 0.224 e. The number of carbonyl (C=O) groups is 1. The highest BCUT2D eigenvalue weighted by molar-refractivity contribution is 6.31. The van der Waals surface area contributed by atoms with E-state index in [-0.39, 0.29) is 12.5 Å². The third-order valence-electron chi connectivity index (χ3n) is 3.03. The van der Waals surface area contributed by atoms with Gasteiger partial charge in [0.05, 0.1) is 18.0 Å². The molecule has 0 spiro atoms. The number of hydrogen-bond acceptors (Lipinski definition) is 4. The Morgan fingerprint density at radius 2 is 2.20 bits per heavy atom. The number of nitrogen functional groups attached to an aromatic ring is 1. The van der Waals surface area contributed by atoms with Gasteiger partial charge in [0.2, 0.25) is 5.91 Å². The smallest absolute Gasteiger partial charge is 0.224 e. The number of aliphatic hydroxyl groups excluding tert-OH is 1. The van der Waals surface area contributed by atoms with Gasteiger partial charge in [0.25, 0.3) is 0 Å². The zero-order chi connectivity index (χ0) is 15.0. The molecule has 0 radical (unpaired) electrons. The van der Waals surface area contributed by atoms with Crippen LogP contribution < -0.4 is 11.1 Å². The first kappa shape index (κ1) is 16.8. The molecule has 0 atom stereocenters. The summed E-state index contributed by atoms with van der Waals surface area (Å²) < 4.78 is 0. The highest BCUT2D eigenvalue weighted by Crippen LogP contribution is 2.22. The van der Waals surface area contributed by atoms with E-state index in [9.17, 15) is 4.79 Å². The monoisotopic (exact) mass is 299 g/mol. The topological polar surface area (TPSA) is 78.6 Å². The minimum Gasteiger partial charge on any atom is -0.397 e. The Kier molecular flexibility index (Phi) is 7.36. The Morgan fingerprint density at radius 1 is 1.45 bits per heavy atom. The number of nitrogens with two attached hydrogens (primary N) is 1. The van der Waals surface area contributed by atoms with E-state index in [1.54, 1.807) is 18.2 Å². The first-order valence-electron chi connectivity index (χ1n) is 6.75. The van der Waals surface area contributed by atoms with Gasteiger partial charge in [0.1, 0.15) is 0 Å². The molecule has 112 valence electrons. The van der Waals surface area contributed by atoms with E-state index in [1.165, 1.54) is 0 Å². The van der Waals surface area contributed by atoms with Crippen molar-refractivity contribution in [1.82, 2.24) is 4.90 Å². The SMILES string of the molecule is CCN(CCO)CCCC(=O)Nc1ccc(Cl)cc1N. The van der Waals surface area contributed by atoms with E-state index < -0.39 is 0 Å².